The molecule has 1 unspecified atom stereocenters. The van der Waals surface area contributed by atoms with E-state index in [0.29, 0.717) is 16.5 Å². The van der Waals surface area contributed by atoms with Gasteiger partial charge in [-0.2, -0.15) is 5.10 Å². The highest BCUT2D eigenvalue weighted by Gasteiger charge is 2.47. The number of aryl methyl sites for hydroxylation is 2. The van der Waals surface area contributed by atoms with E-state index in [1.807, 2.05) is 20.9 Å². The number of aromatic nitrogens is 2. The van der Waals surface area contributed by atoms with E-state index in [4.69, 9.17) is 16.3 Å². The minimum Gasteiger partial charge on any atom is -0.466 e. The first kappa shape index (κ1) is 17.3. The maximum absolute atomic E-state index is 12.7. The molecule has 0 bridgehead atoms. The van der Waals surface area contributed by atoms with Crippen LogP contribution in [0.5, 0.6) is 5.75 Å². The normalized spacial score (nSPS) is 19.0. The quantitative estimate of drug-likeness (QED) is 0.819. The third-order valence-corrected chi connectivity index (χ3v) is 4.69. The predicted molar refractivity (Wildman–Crippen MR) is 93.6 cm³/mol. The highest BCUT2D eigenvalue weighted by Crippen LogP contribution is 2.35. The van der Waals surface area contributed by atoms with Crippen LogP contribution in [0.15, 0.2) is 18.2 Å². The Morgan fingerprint density at radius 2 is 2.16 bits per heavy atom. The summed E-state index contributed by atoms with van der Waals surface area (Å²) >= 11 is 5.91. The number of benzene rings is 1. The Labute approximate surface area is 150 Å². The number of fused-ring (bicyclic) bond motifs is 1. The summed E-state index contributed by atoms with van der Waals surface area (Å²) in [5.41, 5.74) is 1.49. The van der Waals surface area contributed by atoms with Crippen molar-refractivity contribution in [3.63, 3.8) is 0 Å². The van der Waals surface area contributed by atoms with Crippen molar-refractivity contribution in [1.82, 2.24) is 15.1 Å². The zero-order chi connectivity index (χ0) is 18.4. The van der Waals surface area contributed by atoms with E-state index in [0.717, 1.165) is 17.0 Å². The number of carbonyl (C=O) groups excluding carboxylic acids is 2. The smallest absolute Gasteiger partial charge is 0.278 e. The lowest BCUT2D eigenvalue weighted by atomic mass is 10.0. The Bertz CT molecular complexity index is 877. The molecule has 0 aliphatic carbocycles. The van der Waals surface area contributed by atoms with Crippen molar-refractivity contribution in [2.24, 2.45) is 7.05 Å². The Morgan fingerprint density at radius 1 is 1.44 bits per heavy atom. The summed E-state index contributed by atoms with van der Waals surface area (Å²) in [6.07, 6.45) is 0. The lowest BCUT2D eigenvalue weighted by molar-refractivity contribution is -0.146. The zero-order valence-electron chi connectivity index (χ0n) is 14.4. The number of amides is 2. The highest BCUT2D eigenvalue weighted by atomic mass is 35.5. The SMILES string of the molecule is Cc1nn(C)c(C)c1CNC(=O)C1(C)Oc2ccc(Cl)cc2NC1=O. The molecule has 0 spiro atoms. The number of carbonyl (C=O) groups is 2. The van der Waals surface area contributed by atoms with Gasteiger partial charge in [-0.3, -0.25) is 14.3 Å². The molecule has 0 fully saturated rings. The van der Waals surface area contributed by atoms with Crippen molar-refractivity contribution in [2.75, 3.05) is 5.32 Å². The van der Waals surface area contributed by atoms with Crippen LogP contribution in [0.25, 0.3) is 0 Å². The van der Waals surface area contributed by atoms with Crippen LogP contribution >= 0.6 is 11.6 Å². The molecule has 0 saturated carbocycles. The average Bonchev–Trinajstić information content (AvgIpc) is 2.79. The van der Waals surface area contributed by atoms with Crippen molar-refractivity contribution in [3.8, 4) is 5.75 Å². The van der Waals surface area contributed by atoms with E-state index in [1.54, 1.807) is 22.9 Å². The summed E-state index contributed by atoms with van der Waals surface area (Å²) in [5, 5.41) is 10.2. The van der Waals surface area contributed by atoms with Gasteiger partial charge in [0.1, 0.15) is 5.75 Å². The average molecular weight is 363 g/mol. The lowest BCUT2D eigenvalue weighted by Gasteiger charge is -2.33. The molecule has 2 N–H and O–H groups in total. The number of anilines is 1. The molecule has 1 aromatic carbocycles. The molecular formula is C17H19ClN4O3. The standard InChI is InChI=1S/C17H19ClN4O3/c1-9-12(10(2)22(4)21-9)8-19-15(23)17(3)16(24)20-13-7-11(18)5-6-14(13)25-17/h5-7H,8H2,1-4H3,(H,19,23)(H,20,24). The molecule has 1 aromatic heterocycles. The summed E-state index contributed by atoms with van der Waals surface area (Å²) < 4.78 is 7.45. The van der Waals surface area contributed by atoms with E-state index in [2.05, 4.69) is 15.7 Å². The second kappa shape index (κ2) is 6.07. The largest absolute Gasteiger partial charge is 0.466 e. The van der Waals surface area contributed by atoms with Crippen molar-refractivity contribution in [1.29, 1.82) is 0 Å². The molecule has 7 nitrogen and oxygen atoms in total. The minimum absolute atomic E-state index is 0.268. The van der Waals surface area contributed by atoms with Gasteiger partial charge in [-0.05, 0) is 39.0 Å². The molecule has 0 saturated heterocycles. The van der Waals surface area contributed by atoms with Crippen LogP contribution in [0, 0.1) is 13.8 Å². The summed E-state index contributed by atoms with van der Waals surface area (Å²) in [6.45, 7) is 5.51. The van der Waals surface area contributed by atoms with Crippen molar-refractivity contribution in [2.45, 2.75) is 32.9 Å². The molecule has 2 amide bonds. The fourth-order valence-electron chi connectivity index (χ4n) is 2.76. The molecule has 1 aliphatic heterocycles. The maximum atomic E-state index is 12.7. The molecule has 3 rings (SSSR count). The van der Waals surface area contributed by atoms with Gasteiger partial charge in [-0.25, -0.2) is 0 Å². The third-order valence-electron chi connectivity index (χ3n) is 4.46. The fraction of sp³-hybridized carbons (Fsp3) is 0.353. The van der Waals surface area contributed by atoms with Gasteiger partial charge in [0.15, 0.2) is 0 Å². The molecular weight excluding hydrogens is 344 g/mol. The number of nitrogens with zero attached hydrogens (tertiary/aromatic N) is 2. The number of rotatable bonds is 3. The van der Waals surface area contributed by atoms with E-state index in [-0.39, 0.29) is 6.54 Å². The number of halogens is 1. The molecule has 8 heteroatoms. The Morgan fingerprint density at radius 3 is 2.80 bits per heavy atom. The van der Waals surface area contributed by atoms with E-state index in [1.165, 1.54) is 6.92 Å². The van der Waals surface area contributed by atoms with Crippen LogP contribution < -0.4 is 15.4 Å². The van der Waals surface area contributed by atoms with Crippen molar-refractivity contribution >= 4 is 29.1 Å². The van der Waals surface area contributed by atoms with Crippen molar-refractivity contribution < 1.29 is 14.3 Å². The molecule has 0 radical (unpaired) electrons. The molecule has 2 heterocycles. The van der Waals surface area contributed by atoms with Crippen LogP contribution in [-0.2, 0) is 23.2 Å². The molecule has 1 aliphatic rings. The first-order valence-corrected chi connectivity index (χ1v) is 8.17. The highest BCUT2D eigenvalue weighted by molar-refractivity contribution is 6.31. The second-order valence-corrected chi connectivity index (χ2v) is 6.62. The maximum Gasteiger partial charge on any atom is 0.278 e. The monoisotopic (exact) mass is 362 g/mol. The lowest BCUT2D eigenvalue weighted by Crippen LogP contribution is -2.58. The van der Waals surface area contributed by atoms with Gasteiger partial charge in [0.25, 0.3) is 17.4 Å². The zero-order valence-corrected chi connectivity index (χ0v) is 15.2. The third kappa shape index (κ3) is 2.95. The van der Waals surface area contributed by atoms with E-state index >= 15 is 0 Å². The Kier molecular flexibility index (Phi) is 4.20. The van der Waals surface area contributed by atoms with Crippen LogP contribution in [-0.4, -0.2) is 27.2 Å². The fourth-order valence-corrected chi connectivity index (χ4v) is 2.93. The van der Waals surface area contributed by atoms with Gasteiger partial charge in [0.2, 0.25) is 0 Å². The first-order chi connectivity index (χ1) is 11.7. The van der Waals surface area contributed by atoms with Crippen molar-refractivity contribution in [3.05, 3.63) is 40.2 Å². The number of hydrogen-bond donors (Lipinski definition) is 2. The van der Waals surface area contributed by atoms with Crippen LogP contribution in [0.2, 0.25) is 5.02 Å². The van der Waals surface area contributed by atoms with Gasteiger partial charge in [0.05, 0.1) is 11.4 Å². The number of nitrogens with one attached hydrogen (secondary N) is 2. The summed E-state index contributed by atoms with van der Waals surface area (Å²) in [6, 6.07) is 4.84. The van der Waals surface area contributed by atoms with Gasteiger partial charge in [-0.15, -0.1) is 0 Å². The summed E-state index contributed by atoms with van der Waals surface area (Å²) in [7, 11) is 1.84. The second-order valence-electron chi connectivity index (χ2n) is 6.19. The topological polar surface area (TPSA) is 85.2 Å². The Balaban J connectivity index is 1.79. The van der Waals surface area contributed by atoms with Gasteiger partial charge >= 0.3 is 0 Å². The number of ether oxygens (including phenoxy) is 1. The van der Waals surface area contributed by atoms with E-state index in [9.17, 15) is 9.59 Å². The summed E-state index contributed by atoms with van der Waals surface area (Å²) in [4.78, 5) is 25.1. The molecule has 25 heavy (non-hydrogen) atoms. The van der Waals surface area contributed by atoms with Gasteiger partial charge < -0.3 is 15.4 Å². The van der Waals surface area contributed by atoms with Crippen LogP contribution in [0.1, 0.15) is 23.9 Å². The van der Waals surface area contributed by atoms with Crippen LogP contribution in [0.3, 0.4) is 0 Å². The van der Waals surface area contributed by atoms with Crippen LogP contribution in [0.4, 0.5) is 5.69 Å². The van der Waals surface area contributed by atoms with E-state index < -0.39 is 17.4 Å². The first-order valence-electron chi connectivity index (χ1n) is 7.80. The number of hydrogen-bond acceptors (Lipinski definition) is 4. The molecule has 1 atom stereocenters. The molecule has 132 valence electrons. The Hall–Kier alpha value is -2.54. The van der Waals surface area contributed by atoms with Gasteiger partial charge in [0, 0.05) is 29.9 Å². The summed E-state index contributed by atoms with van der Waals surface area (Å²) in [5.74, 6) is -0.664. The van der Waals surface area contributed by atoms with Gasteiger partial charge in [-0.1, -0.05) is 11.6 Å². The minimum atomic E-state index is -1.66. The predicted octanol–water partition coefficient (Wildman–Crippen LogP) is 2.10. The molecule has 2 aromatic rings.